The summed E-state index contributed by atoms with van der Waals surface area (Å²) in [5.41, 5.74) is -0.924. The fraction of sp³-hybridized carbons (Fsp3) is 0.833. The Morgan fingerprint density at radius 3 is 2.47 bits per heavy atom. The summed E-state index contributed by atoms with van der Waals surface area (Å²) in [5, 5.41) is 21.4. The Labute approximate surface area is 101 Å². The van der Waals surface area contributed by atoms with Crippen LogP contribution in [0.3, 0.4) is 0 Å². The van der Waals surface area contributed by atoms with E-state index in [2.05, 4.69) is 5.32 Å². The summed E-state index contributed by atoms with van der Waals surface area (Å²) in [6.45, 7) is 3.66. The van der Waals surface area contributed by atoms with E-state index in [0.717, 1.165) is 6.42 Å². The first-order chi connectivity index (χ1) is 7.87. The largest absolute Gasteiger partial charge is 0.481 e. The van der Waals surface area contributed by atoms with Gasteiger partial charge in [0, 0.05) is 6.54 Å². The summed E-state index contributed by atoms with van der Waals surface area (Å²) in [6, 6.07) is 0. The Hall–Kier alpha value is -1.10. The van der Waals surface area contributed by atoms with Gasteiger partial charge in [-0.05, 0) is 26.2 Å². The van der Waals surface area contributed by atoms with Crippen molar-refractivity contribution >= 4 is 11.9 Å². The van der Waals surface area contributed by atoms with Gasteiger partial charge in [-0.15, -0.1) is 0 Å². The van der Waals surface area contributed by atoms with Gasteiger partial charge in [0.15, 0.2) is 0 Å². The molecule has 3 atom stereocenters. The third-order valence-electron chi connectivity index (χ3n) is 3.58. The summed E-state index contributed by atoms with van der Waals surface area (Å²) in [7, 11) is 0. The van der Waals surface area contributed by atoms with Crippen LogP contribution < -0.4 is 5.32 Å². The molecule has 3 N–H and O–H groups in total. The number of carboxylic acids is 1. The Balaban J connectivity index is 2.50. The normalized spacial score (nSPS) is 27.5. The maximum atomic E-state index is 11.8. The van der Waals surface area contributed by atoms with E-state index in [-0.39, 0.29) is 12.5 Å². The zero-order valence-electron chi connectivity index (χ0n) is 10.4. The molecule has 5 heteroatoms. The third kappa shape index (κ3) is 3.70. The van der Waals surface area contributed by atoms with Crippen LogP contribution in [0.25, 0.3) is 0 Å². The fourth-order valence-corrected chi connectivity index (χ4v) is 2.10. The SMILES string of the molecule is CCC(C)(O)CNC(=O)[C@@H]1CCC[C@@H]1C(=O)O. The quantitative estimate of drug-likeness (QED) is 0.665. The van der Waals surface area contributed by atoms with E-state index in [4.69, 9.17) is 5.11 Å². The highest BCUT2D eigenvalue weighted by atomic mass is 16.4. The van der Waals surface area contributed by atoms with Crippen molar-refractivity contribution in [2.45, 2.75) is 45.1 Å². The van der Waals surface area contributed by atoms with E-state index in [1.165, 1.54) is 0 Å². The Kier molecular flexibility index (Phi) is 4.51. The molecule has 5 nitrogen and oxygen atoms in total. The van der Waals surface area contributed by atoms with Gasteiger partial charge >= 0.3 is 5.97 Å². The molecule has 0 bridgehead atoms. The lowest BCUT2D eigenvalue weighted by Gasteiger charge is -2.23. The van der Waals surface area contributed by atoms with Gasteiger partial charge < -0.3 is 15.5 Å². The summed E-state index contributed by atoms with van der Waals surface area (Å²) < 4.78 is 0. The molecular weight excluding hydrogens is 222 g/mol. The second-order valence-corrected chi connectivity index (χ2v) is 5.05. The lowest BCUT2D eigenvalue weighted by atomic mass is 9.95. The molecule has 1 unspecified atom stereocenters. The Bertz CT molecular complexity index is 301. The predicted octanol–water partition coefficient (Wildman–Crippen LogP) is 0.764. The Morgan fingerprint density at radius 1 is 1.35 bits per heavy atom. The van der Waals surface area contributed by atoms with Crippen LogP contribution in [-0.2, 0) is 9.59 Å². The number of nitrogens with one attached hydrogen (secondary N) is 1. The second-order valence-electron chi connectivity index (χ2n) is 5.05. The van der Waals surface area contributed by atoms with Crippen LogP contribution in [0.2, 0.25) is 0 Å². The fourth-order valence-electron chi connectivity index (χ4n) is 2.10. The number of hydrogen-bond donors (Lipinski definition) is 3. The minimum Gasteiger partial charge on any atom is -0.481 e. The summed E-state index contributed by atoms with van der Waals surface area (Å²) >= 11 is 0. The number of aliphatic carboxylic acids is 1. The first kappa shape index (κ1) is 14.0. The molecule has 0 aromatic rings. The van der Waals surface area contributed by atoms with Gasteiger partial charge in [-0.1, -0.05) is 13.3 Å². The average Bonchev–Trinajstić information content (AvgIpc) is 2.75. The third-order valence-corrected chi connectivity index (χ3v) is 3.58. The molecule has 1 aliphatic carbocycles. The molecule has 1 amide bonds. The smallest absolute Gasteiger partial charge is 0.307 e. The highest BCUT2D eigenvalue weighted by Gasteiger charge is 2.38. The van der Waals surface area contributed by atoms with Crippen LogP contribution in [0.5, 0.6) is 0 Å². The molecule has 0 aromatic heterocycles. The van der Waals surface area contributed by atoms with Gasteiger partial charge in [-0.3, -0.25) is 9.59 Å². The molecule has 0 aromatic carbocycles. The van der Waals surface area contributed by atoms with Crippen LogP contribution in [-0.4, -0.2) is 34.2 Å². The molecule has 1 rings (SSSR count). The average molecular weight is 243 g/mol. The highest BCUT2D eigenvalue weighted by Crippen LogP contribution is 2.32. The van der Waals surface area contributed by atoms with Crippen LogP contribution >= 0.6 is 0 Å². The summed E-state index contributed by atoms with van der Waals surface area (Å²) in [6.07, 6.45) is 2.51. The lowest BCUT2D eigenvalue weighted by Crippen LogP contribution is -2.43. The van der Waals surface area contributed by atoms with Crippen LogP contribution in [0.1, 0.15) is 39.5 Å². The number of rotatable bonds is 5. The molecule has 0 radical (unpaired) electrons. The van der Waals surface area contributed by atoms with Gasteiger partial charge in [0.1, 0.15) is 0 Å². The van der Waals surface area contributed by atoms with Gasteiger partial charge in [0.05, 0.1) is 17.4 Å². The van der Waals surface area contributed by atoms with E-state index >= 15 is 0 Å². The van der Waals surface area contributed by atoms with E-state index in [0.29, 0.717) is 19.3 Å². The monoisotopic (exact) mass is 243 g/mol. The van der Waals surface area contributed by atoms with Gasteiger partial charge in [-0.2, -0.15) is 0 Å². The van der Waals surface area contributed by atoms with Crippen molar-refractivity contribution in [3.63, 3.8) is 0 Å². The van der Waals surface area contributed by atoms with E-state index < -0.39 is 23.4 Å². The molecule has 0 spiro atoms. The zero-order chi connectivity index (χ0) is 13.1. The first-order valence-corrected chi connectivity index (χ1v) is 6.10. The maximum Gasteiger partial charge on any atom is 0.307 e. The number of amides is 1. The summed E-state index contributed by atoms with van der Waals surface area (Å²) in [4.78, 5) is 22.8. The van der Waals surface area contributed by atoms with E-state index in [9.17, 15) is 14.7 Å². The van der Waals surface area contributed by atoms with Crippen LogP contribution in [0.4, 0.5) is 0 Å². The maximum absolute atomic E-state index is 11.8. The van der Waals surface area contributed by atoms with Gasteiger partial charge in [0.25, 0.3) is 0 Å². The minimum absolute atomic E-state index is 0.172. The molecule has 17 heavy (non-hydrogen) atoms. The lowest BCUT2D eigenvalue weighted by molar-refractivity contribution is -0.146. The van der Waals surface area contributed by atoms with E-state index in [1.54, 1.807) is 6.92 Å². The highest BCUT2D eigenvalue weighted by molar-refractivity contribution is 5.85. The number of carbonyl (C=O) groups excluding carboxylic acids is 1. The van der Waals surface area contributed by atoms with Crippen molar-refractivity contribution in [3.05, 3.63) is 0 Å². The molecule has 0 saturated heterocycles. The van der Waals surface area contributed by atoms with Crippen molar-refractivity contribution in [1.82, 2.24) is 5.32 Å². The molecule has 0 heterocycles. The molecule has 0 aliphatic heterocycles. The van der Waals surface area contributed by atoms with Crippen LogP contribution in [0, 0.1) is 11.8 Å². The topological polar surface area (TPSA) is 86.6 Å². The van der Waals surface area contributed by atoms with Crippen molar-refractivity contribution in [2.24, 2.45) is 11.8 Å². The number of carboxylic acid groups (broad SMARTS) is 1. The first-order valence-electron chi connectivity index (χ1n) is 6.10. The number of aliphatic hydroxyl groups is 1. The molecule has 1 fully saturated rings. The van der Waals surface area contributed by atoms with E-state index in [1.807, 2.05) is 6.92 Å². The molecule has 1 aliphatic rings. The van der Waals surface area contributed by atoms with Crippen molar-refractivity contribution in [2.75, 3.05) is 6.54 Å². The second kappa shape index (κ2) is 5.49. The van der Waals surface area contributed by atoms with Gasteiger partial charge in [-0.25, -0.2) is 0 Å². The zero-order valence-corrected chi connectivity index (χ0v) is 10.4. The molecular formula is C12H21NO4. The van der Waals surface area contributed by atoms with Crippen molar-refractivity contribution in [3.8, 4) is 0 Å². The number of hydrogen-bond acceptors (Lipinski definition) is 3. The molecule has 1 saturated carbocycles. The number of carbonyl (C=O) groups is 2. The van der Waals surface area contributed by atoms with Crippen molar-refractivity contribution < 1.29 is 19.8 Å². The Morgan fingerprint density at radius 2 is 1.94 bits per heavy atom. The standard InChI is InChI=1S/C12H21NO4/c1-3-12(2,17)7-13-10(14)8-5-4-6-9(8)11(15)16/h8-9,17H,3-7H2,1-2H3,(H,13,14)(H,15,16)/t8-,9+,12?/m1/s1. The molecule has 98 valence electrons. The van der Waals surface area contributed by atoms with Crippen LogP contribution in [0.15, 0.2) is 0 Å². The van der Waals surface area contributed by atoms with Gasteiger partial charge in [0.2, 0.25) is 5.91 Å². The minimum atomic E-state index is -0.924. The predicted molar refractivity (Wildman–Crippen MR) is 62.4 cm³/mol. The summed E-state index contributed by atoms with van der Waals surface area (Å²) in [5.74, 6) is -2.16. The van der Waals surface area contributed by atoms with Crippen molar-refractivity contribution in [1.29, 1.82) is 0 Å².